The smallest absolute Gasteiger partial charge is 0.337 e. The van der Waals surface area contributed by atoms with Crippen LogP contribution in [0.3, 0.4) is 0 Å². The second kappa shape index (κ2) is 4.53. The number of fused-ring (bicyclic) bond motifs is 1. The molecule has 0 atom stereocenters. The van der Waals surface area contributed by atoms with Crippen LogP contribution in [-0.2, 0) is 0 Å². The summed E-state index contributed by atoms with van der Waals surface area (Å²) >= 11 is 0. The summed E-state index contributed by atoms with van der Waals surface area (Å²) in [6.45, 7) is 4.16. The van der Waals surface area contributed by atoms with Crippen LogP contribution < -0.4 is 0 Å². The van der Waals surface area contributed by atoms with Crippen LogP contribution in [-0.4, -0.2) is 16.1 Å². The molecule has 0 spiro atoms. The van der Waals surface area contributed by atoms with Crippen LogP contribution in [0.15, 0.2) is 42.6 Å². The number of hydrogen-bond donors (Lipinski definition) is 2. The van der Waals surface area contributed by atoms with E-state index >= 15 is 0 Å². The van der Waals surface area contributed by atoms with E-state index in [1.165, 1.54) is 17.3 Å². The van der Waals surface area contributed by atoms with Crippen molar-refractivity contribution in [1.82, 2.24) is 4.98 Å². The largest absolute Gasteiger partial charge is 0.478 e. The molecule has 0 unspecified atom stereocenters. The van der Waals surface area contributed by atoms with Gasteiger partial charge in [-0.15, -0.1) is 0 Å². The van der Waals surface area contributed by atoms with Gasteiger partial charge >= 0.3 is 5.97 Å². The summed E-state index contributed by atoms with van der Waals surface area (Å²) in [6, 6.07) is 12.1. The summed E-state index contributed by atoms with van der Waals surface area (Å²) in [6.07, 6.45) is 1.54. The molecule has 0 aliphatic heterocycles. The van der Waals surface area contributed by atoms with Crippen LogP contribution in [0.5, 0.6) is 0 Å². The maximum Gasteiger partial charge on any atom is 0.337 e. The standard InChI is InChI=1S/C17H15NO2/c1-10-3-4-12(7-11(10)2)13-5-6-16-14(8-13)15(9-18-16)17(19)20/h3-9,18H,1-2H3,(H,19,20). The van der Waals surface area contributed by atoms with Crippen molar-refractivity contribution in [2.45, 2.75) is 13.8 Å². The Morgan fingerprint density at radius 2 is 1.70 bits per heavy atom. The number of carbonyl (C=O) groups is 1. The number of aromatic carboxylic acids is 1. The van der Waals surface area contributed by atoms with Gasteiger partial charge in [-0.25, -0.2) is 4.79 Å². The van der Waals surface area contributed by atoms with Gasteiger partial charge in [0, 0.05) is 17.1 Å². The van der Waals surface area contributed by atoms with Crippen LogP contribution in [0.25, 0.3) is 22.0 Å². The molecule has 3 rings (SSSR count). The number of aromatic nitrogens is 1. The number of hydrogen-bond acceptors (Lipinski definition) is 1. The molecule has 0 saturated carbocycles. The molecule has 3 aromatic rings. The molecule has 0 aliphatic carbocycles. The van der Waals surface area contributed by atoms with E-state index in [2.05, 4.69) is 37.0 Å². The third-order valence-corrected chi connectivity index (χ3v) is 3.75. The number of benzene rings is 2. The van der Waals surface area contributed by atoms with Crippen molar-refractivity contribution >= 4 is 16.9 Å². The lowest BCUT2D eigenvalue weighted by atomic mass is 9.99. The van der Waals surface area contributed by atoms with E-state index in [4.69, 9.17) is 0 Å². The highest BCUT2D eigenvalue weighted by Gasteiger charge is 2.11. The van der Waals surface area contributed by atoms with Crippen molar-refractivity contribution in [3.05, 3.63) is 59.3 Å². The van der Waals surface area contributed by atoms with Crippen LogP contribution in [0, 0.1) is 13.8 Å². The fourth-order valence-corrected chi connectivity index (χ4v) is 2.40. The van der Waals surface area contributed by atoms with E-state index < -0.39 is 5.97 Å². The predicted molar refractivity (Wildman–Crippen MR) is 80.2 cm³/mol. The molecule has 0 saturated heterocycles. The molecule has 20 heavy (non-hydrogen) atoms. The first kappa shape index (κ1) is 12.5. The predicted octanol–water partition coefficient (Wildman–Crippen LogP) is 4.15. The number of H-pyrrole nitrogens is 1. The zero-order valence-corrected chi connectivity index (χ0v) is 11.4. The molecule has 1 heterocycles. The lowest BCUT2D eigenvalue weighted by Crippen LogP contribution is -1.93. The van der Waals surface area contributed by atoms with E-state index in [0.29, 0.717) is 5.56 Å². The van der Waals surface area contributed by atoms with Crippen molar-refractivity contribution in [2.24, 2.45) is 0 Å². The minimum Gasteiger partial charge on any atom is -0.478 e. The van der Waals surface area contributed by atoms with Crippen molar-refractivity contribution in [3.8, 4) is 11.1 Å². The highest BCUT2D eigenvalue weighted by Crippen LogP contribution is 2.27. The molecule has 0 fully saturated rings. The zero-order chi connectivity index (χ0) is 14.3. The summed E-state index contributed by atoms with van der Waals surface area (Å²) in [7, 11) is 0. The molecule has 2 N–H and O–H groups in total. The molecule has 100 valence electrons. The third kappa shape index (κ3) is 1.97. The highest BCUT2D eigenvalue weighted by atomic mass is 16.4. The Hall–Kier alpha value is -2.55. The topological polar surface area (TPSA) is 53.1 Å². The molecule has 3 heteroatoms. The Bertz CT molecular complexity index is 815. The SMILES string of the molecule is Cc1ccc(-c2ccc3[nH]cc(C(=O)O)c3c2)cc1C. The molecular weight excluding hydrogens is 250 g/mol. The molecule has 0 aliphatic rings. The van der Waals surface area contributed by atoms with Crippen LogP contribution in [0.2, 0.25) is 0 Å². The first-order valence-corrected chi connectivity index (χ1v) is 6.48. The molecule has 1 aromatic heterocycles. The van der Waals surface area contributed by atoms with Gasteiger partial charge in [-0.3, -0.25) is 0 Å². The molecule has 0 radical (unpaired) electrons. The lowest BCUT2D eigenvalue weighted by Gasteiger charge is -2.06. The van der Waals surface area contributed by atoms with Gasteiger partial charge in [-0.05, 0) is 48.2 Å². The summed E-state index contributed by atoms with van der Waals surface area (Å²) in [5.41, 5.74) is 5.77. The van der Waals surface area contributed by atoms with E-state index in [9.17, 15) is 9.90 Å². The normalized spacial score (nSPS) is 10.9. The summed E-state index contributed by atoms with van der Waals surface area (Å²) < 4.78 is 0. The lowest BCUT2D eigenvalue weighted by molar-refractivity contribution is 0.0699. The fourth-order valence-electron chi connectivity index (χ4n) is 2.40. The molecule has 0 bridgehead atoms. The number of nitrogens with one attached hydrogen (secondary N) is 1. The molecule has 0 amide bonds. The summed E-state index contributed by atoms with van der Waals surface area (Å²) in [5.74, 6) is -0.909. The minimum absolute atomic E-state index is 0.311. The fraction of sp³-hybridized carbons (Fsp3) is 0.118. The monoisotopic (exact) mass is 265 g/mol. The van der Waals surface area contributed by atoms with Crippen molar-refractivity contribution in [3.63, 3.8) is 0 Å². The molecule has 3 nitrogen and oxygen atoms in total. The number of carboxylic acid groups (broad SMARTS) is 1. The van der Waals surface area contributed by atoms with Crippen LogP contribution >= 0.6 is 0 Å². The molecular formula is C17H15NO2. The average molecular weight is 265 g/mol. The summed E-state index contributed by atoms with van der Waals surface area (Å²) in [4.78, 5) is 14.2. The zero-order valence-electron chi connectivity index (χ0n) is 11.4. The Balaban J connectivity index is 2.18. The van der Waals surface area contributed by atoms with Crippen LogP contribution in [0.4, 0.5) is 0 Å². The quantitative estimate of drug-likeness (QED) is 0.731. The van der Waals surface area contributed by atoms with Crippen molar-refractivity contribution < 1.29 is 9.90 Å². The first-order chi connectivity index (χ1) is 9.56. The van der Waals surface area contributed by atoms with Crippen molar-refractivity contribution in [1.29, 1.82) is 0 Å². The Morgan fingerprint density at radius 1 is 1.00 bits per heavy atom. The Kier molecular flexibility index (Phi) is 2.83. The van der Waals surface area contributed by atoms with E-state index in [-0.39, 0.29) is 0 Å². The second-order valence-electron chi connectivity index (χ2n) is 5.07. The van der Waals surface area contributed by atoms with Gasteiger partial charge < -0.3 is 10.1 Å². The summed E-state index contributed by atoms with van der Waals surface area (Å²) in [5, 5.41) is 9.94. The maximum atomic E-state index is 11.2. The third-order valence-electron chi connectivity index (χ3n) is 3.75. The van der Waals surface area contributed by atoms with Gasteiger partial charge in [-0.1, -0.05) is 24.3 Å². The number of aryl methyl sites for hydroxylation is 2. The minimum atomic E-state index is -0.909. The van der Waals surface area contributed by atoms with E-state index in [0.717, 1.165) is 22.0 Å². The number of aromatic amines is 1. The first-order valence-electron chi connectivity index (χ1n) is 6.48. The maximum absolute atomic E-state index is 11.2. The number of rotatable bonds is 2. The van der Waals surface area contributed by atoms with Gasteiger partial charge in [0.25, 0.3) is 0 Å². The second-order valence-corrected chi connectivity index (χ2v) is 5.07. The van der Waals surface area contributed by atoms with Gasteiger partial charge in [0.2, 0.25) is 0 Å². The van der Waals surface area contributed by atoms with Gasteiger partial charge in [0.15, 0.2) is 0 Å². The van der Waals surface area contributed by atoms with Gasteiger partial charge in [-0.2, -0.15) is 0 Å². The Labute approximate surface area is 116 Å². The Morgan fingerprint density at radius 3 is 2.40 bits per heavy atom. The highest BCUT2D eigenvalue weighted by molar-refractivity contribution is 6.04. The van der Waals surface area contributed by atoms with E-state index in [1.54, 1.807) is 0 Å². The van der Waals surface area contributed by atoms with Crippen molar-refractivity contribution in [2.75, 3.05) is 0 Å². The van der Waals surface area contributed by atoms with Gasteiger partial charge in [0.05, 0.1) is 5.56 Å². The van der Waals surface area contributed by atoms with Gasteiger partial charge in [0.1, 0.15) is 0 Å². The number of carboxylic acids is 1. The molecule has 2 aromatic carbocycles. The average Bonchev–Trinajstić information content (AvgIpc) is 2.85. The van der Waals surface area contributed by atoms with Crippen LogP contribution in [0.1, 0.15) is 21.5 Å². The van der Waals surface area contributed by atoms with E-state index in [1.807, 2.05) is 18.2 Å².